The predicted molar refractivity (Wildman–Crippen MR) is 34.1 cm³/mol. The number of carbonyl (C=O) groups excluding carboxylic acids is 1. The van der Waals surface area contributed by atoms with Crippen LogP contribution in [0.25, 0.3) is 0 Å². The van der Waals surface area contributed by atoms with Crippen LogP contribution in [0.1, 0.15) is 19.8 Å². The number of hydrogen-bond donors (Lipinski definition) is 0. The second-order valence-corrected chi connectivity index (χ2v) is 1.32. The predicted octanol–water partition coefficient (Wildman–Crippen LogP) is 0.311. The van der Waals surface area contributed by atoms with Crippen LogP contribution in [-0.2, 0) is 9.53 Å². The second-order valence-electron chi connectivity index (χ2n) is 1.32. The Labute approximate surface area is 71.9 Å². The Morgan fingerprint density at radius 3 is 2.62 bits per heavy atom. The zero-order valence-corrected chi connectivity index (χ0v) is 4.52. The summed E-state index contributed by atoms with van der Waals surface area (Å²) in [5, 5.41) is 0. The summed E-state index contributed by atoms with van der Waals surface area (Å²) < 4.78 is 4.39. The summed E-state index contributed by atoms with van der Waals surface area (Å²) in [6.07, 6.45) is 2.05. The number of hydrogen-bond acceptors (Lipinski definition) is 2. The van der Waals surface area contributed by atoms with Crippen molar-refractivity contribution in [3.8, 4) is 0 Å². The topological polar surface area (TPSA) is 26.3 Å². The monoisotopic (exact) mass is 126 g/mol. The molecule has 0 aromatic carbocycles. The summed E-state index contributed by atoms with van der Waals surface area (Å²) in [4.78, 5) is 9.46. The molecule has 8 heavy (non-hydrogen) atoms. The molecule has 0 saturated heterocycles. The van der Waals surface area contributed by atoms with Crippen molar-refractivity contribution in [3.05, 3.63) is 0 Å². The van der Waals surface area contributed by atoms with Crippen LogP contribution >= 0.6 is 0 Å². The Morgan fingerprint density at radius 1 is 1.62 bits per heavy atom. The quantitative estimate of drug-likeness (QED) is 0.308. The molecule has 0 N–H and O–H groups in total. The first-order valence-corrected chi connectivity index (χ1v) is 2.47. The molecule has 3 heteroatoms. The molecule has 0 unspecified atom stereocenters. The molecule has 0 rings (SSSR count). The van der Waals surface area contributed by atoms with E-state index in [-0.39, 0.29) is 29.6 Å². The maximum absolute atomic E-state index is 9.46. The molecule has 0 bridgehead atoms. The van der Waals surface area contributed by atoms with Gasteiger partial charge in [0.05, 0.1) is 6.61 Å². The third-order valence-electron chi connectivity index (χ3n) is 0.684. The summed E-state index contributed by atoms with van der Waals surface area (Å²) in [7, 11) is 0. The molecule has 0 radical (unpaired) electrons. The van der Waals surface area contributed by atoms with Crippen molar-refractivity contribution in [2.24, 2.45) is 0 Å². The van der Waals surface area contributed by atoms with Crippen LogP contribution in [0.5, 0.6) is 0 Å². The Kier molecular flexibility index (Phi) is 14.7. The van der Waals surface area contributed by atoms with E-state index in [0.717, 1.165) is 12.8 Å². The summed E-state index contributed by atoms with van der Waals surface area (Å²) >= 11 is 0. The molecule has 0 fully saturated rings. The van der Waals surface area contributed by atoms with Crippen molar-refractivity contribution in [2.75, 3.05) is 6.61 Å². The molecule has 0 aliphatic carbocycles. The van der Waals surface area contributed by atoms with Gasteiger partial charge in [-0.15, -0.1) is 0 Å². The minimum atomic E-state index is 0. The molecule has 0 heterocycles. The Bertz CT molecular complexity index is 47.7. The van der Waals surface area contributed by atoms with Gasteiger partial charge in [0.15, 0.2) is 0 Å². The van der Waals surface area contributed by atoms with E-state index in [1.54, 1.807) is 0 Å². The van der Waals surface area contributed by atoms with Crippen molar-refractivity contribution < 1.29 is 9.53 Å². The SMILES string of the molecule is CCCCOC=O.[NaH]. The number of rotatable bonds is 4. The van der Waals surface area contributed by atoms with Gasteiger partial charge in [-0.3, -0.25) is 4.79 Å². The summed E-state index contributed by atoms with van der Waals surface area (Å²) in [6, 6.07) is 0. The van der Waals surface area contributed by atoms with Crippen molar-refractivity contribution in [1.82, 2.24) is 0 Å². The van der Waals surface area contributed by atoms with Gasteiger partial charge in [-0.25, -0.2) is 0 Å². The molecular formula is C5H11NaO2. The van der Waals surface area contributed by atoms with Gasteiger partial charge < -0.3 is 4.74 Å². The number of carbonyl (C=O) groups is 1. The van der Waals surface area contributed by atoms with Gasteiger partial charge in [0, 0.05) is 0 Å². The first kappa shape index (κ1) is 11.3. The van der Waals surface area contributed by atoms with Gasteiger partial charge >= 0.3 is 29.6 Å². The number of ether oxygens (including phenoxy) is 1. The van der Waals surface area contributed by atoms with Crippen LogP contribution in [0.3, 0.4) is 0 Å². The zero-order valence-electron chi connectivity index (χ0n) is 4.52. The van der Waals surface area contributed by atoms with E-state index in [0.29, 0.717) is 13.1 Å². The van der Waals surface area contributed by atoms with E-state index in [1.165, 1.54) is 0 Å². The third kappa shape index (κ3) is 9.69. The zero-order chi connectivity index (χ0) is 5.54. The third-order valence-corrected chi connectivity index (χ3v) is 0.684. The van der Waals surface area contributed by atoms with Gasteiger partial charge in [0.2, 0.25) is 0 Å². The Morgan fingerprint density at radius 2 is 2.25 bits per heavy atom. The van der Waals surface area contributed by atoms with E-state index in [4.69, 9.17) is 0 Å². The van der Waals surface area contributed by atoms with E-state index in [1.807, 2.05) is 6.92 Å². The Hall–Kier alpha value is 0.470. The molecule has 0 aromatic rings. The summed E-state index contributed by atoms with van der Waals surface area (Å²) in [5.41, 5.74) is 0. The van der Waals surface area contributed by atoms with Crippen molar-refractivity contribution in [2.45, 2.75) is 19.8 Å². The molecule has 0 spiro atoms. The molecule has 0 aliphatic heterocycles. The second kappa shape index (κ2) is 10.5. The fraction of sp³-hybridized carbons (Fsp3) is 0.800. The Balaban J connectivity index is 0. The maximum atomic E-state index is 9.46. The van der Waals surface area contributed by atoms with Crippen LogP contribution in [0.2, 0.25) is 0 Å². The van der Waals surface area contributed by atoms with Crippen molar-refractivity contribution in [1.29, 1.82) is 0 Å². The van der Waals surface area contributed by atoms with Crippen LogP contribution in [0.15, 0.2) is 0 Å². The van der Waals surface area contributed by atoms with Crippen LogP contribution in [0, 0.1) is 0 Å². The van der Waals surface area contributed by atoms with Gasteiger partial charge in [0.25, 0.3) is 6.47 Å². The molecule has 2 nitrogen and oxygen atoms in total. The first-order chi connectivity index (χ1) is 3.41. The first-order valence-electron chi connectivity index (χ1n) is 2.47. The van der Waals surface area contributed by atoms with Crippen molar-refractivity contribution in [3.63, 3.8) is 0 Å². The average molecular weight is 126 g/mol. The molecule has 44 valence electrons. The molecule has 0 aromatic heterocycles. The summed E-state index contributed by atoms with van der Waals surface area (Å²) in [5.74, 6) is 0. The summed E-state index contributed by atoms with van der Waals surface area (Å²) in [6.45, 7) is 3.10. The van der Waals surface area contributed by atoms with Crippen LogP contribution in [-0.4, -0.2) is 42.6 Å². The standard InChI is InChI=1S/C5H10O2.Na.H/c1-2-3-4-7-5-6;;/h5H,2-4H2,1H3;;. The molecule has 0 aliphatic rings. The fourth-order valence-corrected chi connectivity index (χ4v) is 0.276. The molecule has 0 atom stereocenters. The van der Waals surface area contributed by atoms with Crippen molar-refractivity contribution >= 4 is 36.0 Å². The average Bonchev–Trinajstić information content (AvgIpc) is 1.69. The van der Waals surface area contributed by atoms with E-state index in [2.05, 4.69) is 4.74 Å². The minimum absolute atomic E-state index is 0. The van der Waals surface area contributed by atoms with Gasteiger partial charge in [-0.1, -0.05) is 13.3 Å². The number of unbranched alkanes of at least 4 members (excludes halogenated alkanes) is 1. The van der Waals surface area contributed by atoms with E-state index in [9.17, 15) is 4.79 Å². The molecule has 0 amide bonds. The van der Waals surface area contributed by atoms with Crippen LogP contribution in [0.4, 0.5) is 0 Å². The van der Waals surface area contributed by atoms with Crippen LogP contribution < -0.4 is 0 Å². The van der Waals surface area contributed by atoms with E-state index >= 15 is 0 Å². The van der Waals surface area contributed by atoms with Gasteiger partial charge in [0.1, 0.15) is 0 Å². The molecule has 0 saturated carbocycles. The normalized spacial score (nSPS) is 7.12. The van der Waals surface area contributed by atoms with Gasteiger partial charge in [-0.2, -0.15) is 0 Å². The van der Waals surface area contributed by atoms with Gasteiger partial charge in [-0.05, 0) is 6.42 Å². The fourth-order valence-electron chi connectivity index (χ4n) is 0.276. The molecular weight excluding hydrogens is 115 g/mol. The van der Waals surface area contributed by atoms with E-state index < -0.39 is 0 Å².